The number of carboxylic acid groups (broad SMARTS) is 1. The maximum absolute atomic E-state index is 12.1. The van der Waals surface area contributed by atoms with Gasteiger partial charge in [0.2, 0.25) is 0 Å². The normalized spacial score (nSPS) is 21.5. The Morgan fingerprint density at radius 3 is 2.70 bits per heavy atom. The minimum Gasteiger partial charge on any atom is -0.495 e. The molecule has 2 N–H and O–H groups in total. The van der Waals surface area contributed by atoms with E-state index in [2.05, 4.69) is 21.2 Å². The van der Waals surface area contributed by atoms with E-state index < -0.39 is 18.2 Å². The van der Waals surface area contributed by atoms with Gasteiger partial charge in [-0.15, -0.1) is 0 Å². The molecule has 0 unspecified atom stereocenters. The molecule has 1 fully saturated rings. The number of nitrogens with one attached hydrogen (secondary N) is 1. The van der Waals surface area contributed by atoms with Crippen LogP contribution in [0.25, 0.3) is 0 Å². The molecule has 7 heteroatoms. The minimum absolute atomic E-state index is 0.336. The van der Waals surface area contributed by atoms with Crippen LogP contribution in [0.3, 0.4) is 0 Å². The zero-order chi connectivity index (χ0) is 14.7. The number of halogens is 1. The molecule has 0 aliphatic carbocycles. The highest BCUT2D eigenvalue weighted by Gasteiger charge is 2.34. The van der Waals surface area contributed by atoms with Gasteiger partial charge in [-0.05, 0) is 31.0 Å². The molecule has 1 heterocycles. The Morgan fingerprint density at radius 1 is 1.40 bits per heavy atom. The van der Waals surface area contributed by atoms with Crippen molar-refractivity contribution in [2.24, 2.45) is 0 Å². The third-order valence-corrected chi connectivity index (χ3v) is 3.50. The van der Waals surface area contributed by atoms with Gasteiger partial charge < -0.3 is 19.9 Å². The number of hydrogen-bond donors (Lipinski definition) is 2. The molecule has 2 atom stereocenters. The smallest absolute Gasteiger partial charge is 0.332 e. The van der Waals surface area contributed by atoms with Crippen molar-refractivity contribution in [3.05, 3.63) is 22.7 Å². The number of amides is 1. The van der Waals surface area contributed by atoms with Crippen molar-refractivity contribution in [1.29, 1.82) is 0 Å². The molecule has 1 aromatic rings. The quantitative estimate of drug-likeness (QED) is 0.873. The Morgan fingerprint density at radius 2 is 2.10 bits per heavy atom. The van der Waals surface area contributed by atoms with Gasteiger partial charge >= 0.3 is 5.97 Å². The highest BCUT2D eigenvalue weighted by molar-refractivity contribution is 9.10. The van der Waals surface area contributed by atoms with Gasteiger partial charge in [-0.25, -0.2) is 4.79 Å². The van der Waals surface area contributed by atoms with Crippen molar-refractivity contribution in [1.82, 2.24) is 0 Å². The molecule has 1 aromatic carbocycles. The van der Waals surface area contributed by atoms with E-state index in [4.69, 9.17) is 14.6 Å². The second-order valence-electron chi connectivity index (χ2n) is 4.36. The number of aliphatic carboxylic acids is 1. The molecule has 1 aliphatic rings. The van der Waals surface area contributed by atoms with E-state index in [-0.39, 0.29) is 5.91 Å². The topological polar surface area (TPSA) is 84.9 Å². The Labute approximate surface area is 124 Å². The molecule has 2 rings (SSSR count). The summed E-state index contributed by atoms with van der Waals surface area (Å²) in [6.07, 6.45) is -0.933. The third-order valence-electron chi connectivity index (χ3n) is 3.01. The van der Waals surface area contributed by atoms with Gasteiger partial charge in [0.05, 0.1) is 12.8 Å². The maximum atomic E-state index is 12.1. The molecule has 1 amide bonds. The summed E-state index contributed by atoms with van der Waals surface area (Å²) in [5, 5.41) is 11.5. The largest absolute Gasteiger partial charge is 0.495 e. The van der Waals surface area contributed by atoms with Gasteiger partial charge in [0.15, 0.2) is 6.10 Å². The van der Waals surface area contributed by atoms with Crippen molar-refractivity contribution in [3.8, 4) is 5.75 Å². The first kappa shape index (κ1) is 14.8. The first-order valence-corrected chi connectivity index (χ1v) is 6.83. The molecule has 0 saturated carbocycles. The molecule has 0 bridgehead atoms. The number of carbonyl (C=O) groups is 2. The van der Waals surface area contributed by atoms with Crippen LogP contribution in [0.5, 0.6) is 5.75 Å². The lowest BCUT2D eigenvalue weighted by atomic mass is 10.2. The summed E-state index contributed by atoms with van der Waals surface area (Å²) in [6, 6.07) is 5.22. The van der Waals surface area contributed by atoms with Crippen LogP contribution in [-0.4, -0.2) is 36.3 Å². The molecule has 108 valence electrons. The van der Waals surface area contributed by atoms with E-state index in [0.717, 1.165) is 4.47 Å². The van der Waals surface area contributed by atoms with Crippen LogP contribution in [0.4, 0.5) is 5.69 Å². The standard InChI is InChI=1S/C13H14BrNO5/c1-19-9-3-2-7(14)6-8(9)15-12(16)10-4-5-11(20-10)13(17)18/h2-3,6,10-11H,4-5H2,1H3,(H,15,16)(H,17,18)/t10-,11+/m0/s1. The van der Waals surface area contributed by atoms with E-state index in [1.807, 2.05) is 0 Å². The van der Waals surface area contributed by atoms with Crippen molar-refractivity contribution in [3.63, 3.8) is 0 Å². The van der Waals surface area contributed by atoms with Crippen LogP contribution < -0.4 is 10.1 Å². The first-order valence-electron chi connectivity index (χ1n) is 6.04. The maximum Gasteiger partial charge on any atom is 0.332 e. The predicted octanol–water partition coefficient (Wildman–Crippen LogP) is 2.03. The molecule has 0 radical (unpaired) electrons. The third kappa shape index (κ3) is 3.29. The van der Waals surface area contributed by atoms with Crippen molar-refractivity contribution in [2.45, 2.75) is 25.0 Å². The fourth-order valence-electron chi connectivity index (χ4n) is 2.00. The van der Waals surface area contributed by atoms with E-state index >= 15 is 0 Å². The molecule has 1 aliphatic heterocycles. The highest BCUT2D eigenvalue weighted by Crippen LogP contribution is 2.29. The molecule has 6 nitrogen and oxygen atoms in total. The second-order valence-corrected chi connectivity index (χ2v) is 5.28. The number of carboxylic acids is 1. The number of benzene rings is 1. The van der Waals surface area contributed by atoms with Gasteiger partial charge in [0.25, 0.3) is 5.91 Å². The zero-order valence-electron chi connectivity index (χ0n) is 10.8. The summed E-state index contributed by atoms with van der Waals surface area (Å²) >= 11 is 3.31. The van der Waals surface area contributed by atoms with Crippen LogP contribution in [0.1, 0.15) is 12.8 Å². The average molecular weight is 344 g/mol. The molecule has 1 saturated heterocycles. The lowest BCUT2D eigenvalue weighted by Crippen LogP contribution is -2.30. The summed E-state index contributed by atoms with van der Waals surface area (Å²) in [7, 11) is 1.51. The van der Waals surface area contributed by atoms with Crippen molar-refractivity contribution >= 4 is 33.5 Å². The van der Waals surface area contributed by atoms with Crippen LogP contribution in [0.2, 0.25) is 0 Å². The number of hydrogen-bond acceptors (Lipinski definition) is 4. The summed E-state index contributed by atoms with van der Waals surface area (Å²) in [4.78, 5) is 22.9. The average Bonchev–Trinajstić information content (AvgIpc) is 2.89. The summed E-state index contributed by atoms with van der Waals surface area (Å²) < 4.78 is 11.1. The van der Waals surface area contributed by atoms with Crippen molar-refractivity contribution < 1.29 is 24.2 Å². The summed E-state index contributed by atoms with van der Waals surface area (Å²) in [6.45, 7) is 0. The number of anilines is 1. The second kappa shape index (κ2) is 6.23. The Balaban J connectivity index is 2.05. The van der Waals surface area contributed by atoms with E-state index in [1.165, 1.54) is 7.11 Å². The van der Waals surface area contributed by atoms with Gasteiger partial charge in [0, 0.05) is 4.47 Å². The van der Waals surface area contributed by atoms with Gasteiger partial charge in [-0.1, -0.05) is 15.9 Å². The first-order chi connectivity index (χ1) is 9.51. The van der Waals surface area contributed by atoms with Crippen LogP contribution in [0, 0.1) is 0 Å². The number of methoxy groups -OCH3 is 1. The monoisotopic (exact) mass is 343 g/mol. The zero-order valence-corrected chi connectivity index (χ0v) is 12.3. The molecular formula is C13H14BrNO5. The van der Waals surface area contributed by atoms with Crippen LogP contribution in [0.15, 0.2) is 22.7 Å². The Bertz CT molecular complexity index is 533. The van der Waals surface area contributed by atoms with E-state index in [0.29, 0.717) is 24.3 Å². The SMILES string of the molecule is COc1ccc(Br)cc1NC(=O)[C@@H]1CC[C@H](C(=O)O)O1. The van der Waals surface area contributed by atoms with Crippen LogP contribution >= 0.6 is 15.9 Å². The minimum atomic E-state index is -1.04. The van der Waals surface area contributed by atoms with E-state index in [1.54, 1.807) is 18.2 Å². The molecule has 0 aromatic heterocycles. The molecular weight excluding hydrogens is 330 g/mol. The number of carbonyl (C=O) groups excluding carboxylic acids is 1. The van der Waals surface area contributed by atoms with Gasteiger partial charge in [0.1, 0.15) is 11.9 Å². The number of rotatable bonds is 4. The fraction of sp³-hybridized carbons (Fsp3) is 0.385. The number of ether oxygens (including phenoxy) is 2. The van der Waals surface area contributed by atoms with Crippen LogP contribution in [-0.2, 0) is 14.3 Å². The molecule has 20 heavy (non-hydrogen) atoms. The predicted molar refractivity (Wildman–Crippen MR) is 74.9 cm³/mol. The Kier molecular flexibility index (Phi) is 4.61. The lowest BCUT2D eigenvalue weighted by molar-refractivity contribution is -0.150. The molecule has 0 spiro atoms. The van der Waals surface area contributed by atoms with Crippen molar-refractivity contribution in [2.75, 3.05) is 12.4 Å². The lowest BCUT2D eigenvalue weighted by Gasteiger charge is -2.14. The fourth-order valence-corrected chi connectivity index (χ4v) is 2.36. The van der Waals surface area contributed by atoms with Gasteiger partial charge in [-0.3, -0.25) is 4.79 Å². The summed E-state index contributed by atoms with van der Waals surface area (Å²) in [5.74, 6) is -0.889. The van der Waals surface area contributed by atoms with Gasteiger partial charge in [-0.2, -0.15) is 0 Å². The Hall–Kier alpha value is -1.60. The highest BCUT2D eigenvalue weighted by atomic mass is 79.9. The van der Waals surface area contributed by atoms with E-state index in [9.17, 15) is 9.59 Å². The summed E-state index contributed by atoms with van der Waals surface area (Å²) in [5.41, 5.74) is 0.509.